The lowest BCUT2D eigenvalue weighted by molar-refractivity contribution is -0.380. The number of hydrogen-bond donors (Lipinski definition) is 2. The van der Waals surface area contributed by atoms with Crippen LogP contribution < -0.4 is 10.7 Å². The van der Waals surface area contributed by atoms with Gasteiger partial charge >= 0.3 is 5.00 Å². The molecule has 22 heavy (non-hydrogen) atoms. The van der Waals surface area contributed by atoms with E-state index in [0.29, 0.717) is 9.99 Å². The summed E-state index contributed by atoms with van der Waals surface area (Å²) in [5, 5.41) is 18.0. The minimum absolute atomic E-state index is 0.0810. The monoisotopic (exact) mass is 334 g/mol. The van der Waals surface area contributed by atoms with Gasteiger partial charge in [0.1, 0.15) is 0 Å². The minimum atomic E-state index is -0.429. The van der Waals surface area contributed by atoms with Crippen molar-refractivity contribution in [3.63, 3.8) is 0 Å². The summed E-state index contributed by atoms with van der Waals surface area (Å²) in [6, 6.07) is 9.07. The molecule has 0 atom stereocenters. The predicted octanol–water partition coefficient (Wildman–Crippen LogP) is 3.59. The Balaban J connectivity index is 1.91. The number of rotatable bonds is 4. The Morgan fingerprint density at radius 1 is 1.36 bits per heavy atom. The molecular weight excluding hydrogens is 320 g/mol. The lowest BCUT2D eigenvalue weighted by Crippen LogP contribution is -2.24. The van der Waals surface area contributed by atoms with Crippen molar-refractivity contribution < 1.29 is 4.92 Å². The molecule has 0 spiro atoms. The molecule has 2 rings (SSSR count). The Labute approximate surface area is 137 Å². The van der Waals surface area contributed by atoms with Gasteiger partial charge in [0.05, 0.1) is 16.0 Å². The third-order valence-corrected chi connectivity index (χ3v) is 3.95. The zero-order chi connectivity index (χ0) is 16.1. The summed E-state index contributed by atoms with van der Waals surface area (Å²) in [5.41, 5.74) is 5.86. The summed E-state index contributed by atoms with van der Waals surface area (Å²) in [6.07, 6.45) is 1.49. The van der Waals surface area contributed by atoms with E-state index in [9.17, 15) is 10.1 Å². The van der Waals surface area contributed by atoms with E-state index in [1.165, 1.54) is 17.8 Å². The van der Waals surface area contributed by atoms with Crippen LogP contribution in [-0.2, 0) is 0 Å². The van der Waals surface area contributed by atoms with Crippen LogP contribution >= 0.6 is 23.6 Å². The molecule has 0 bridgehead atoms. The molecule has 1 aromatic heterocycles. The first-order valence-corrected chi connectivity index (χ1v) is 7.60. The first-order chi connectivity index (χ1) is 10.5. The maximum Gasteiger partial charge on any atom is 0.324 e. The highest BCUT2D eigenvalue weighted by Gasteiger charge is 2.08. The standard InChI is InChI=1S/C14H14N4O2S2/c1-9-3-5-12(10(2)7-9)16-14(21)17-15-8-11-4-6-13(22-11)18(19)20/h3-8H,1-2H3,(H2,16,17,21). The number of nitrogens with one attached hydrogen (secondary N) is 2. The maximum absolute atomic E-state index is 10.6. The van der Waals surface area contributed by atoms with E-state index in [4.69, 9.17) is 12.2 Å². The molecule has 1 aromatic carbocycles. The van der Waals surface area contributed by atoms with Crippen LogP contribution in [0.4, 0.5) is 10.7 Å². The van der Waals surface area contributed by atoms with Gasteiger partial charge in [-0.3, -0.25) is 15.5 Å². The van der Waals surface area contributed by atoms with Gasteiger partial charge < -0.3 is 5.32 Å². The van der Waals surface area contributed by atoms with Crippen LogP contribution in [0, 0.1) is 24.0 Å². The molecule has 0 radical (unpaired) electrons. The molecular formula is C14H14N4O2S2. The second kappa shape index (κ2) is 7.10. The van der Waals surface area contributed by atoms with Crippen molar-refractivity contribution in [1.82, 2.24) is 5.43 Å². The van der Waals surface area contributed by atoms with Crippen molar-refractivity contribution in [2.24, 2.45) is 5.10 Å². The molecule has 0 aliphatic rings. The fourth-order valence-corrected chi connectivity index (χ4v) is 2.62. The molecule has 114 valence electrons. The van der Waals surface area contributed by atoms with Gasteiger partial charge in [-0.1, -0.05) is 29.0 Å². The maximum atomic E-state index is 10.6. The lowest BCUT2D eigenvalue weighted by Gasteiger charge is -2.10. The van der Waals surface area contributed by atoms with Gasteiger partial charge in [-0.15, -0.1) is 0 Å². The van der Waals surface area contributed by atoms with E-state index in [1.807, 2.05) is 26.0 Å². The van der Waals surface area contributed by atoms with Gasteiger partial charge in [-0.25, -0.2) is 0 Å². The van der Waals surface area contributed by atoms with Crippen LogP contribution in [0.1, 0.15) is 16.0 Å². The number of hydrazone groups is 1. The fraction of sp³-hybridized carbons (Fsp3) is 0.143. The van der Waals surface area contributed by atoms with Gasteiger partial charge in [0.15, 0.2) is 5.11 Å². The quantitative estimate of drug-likeness (QED) is 0.386. The summed E-state index contributed by atoms with van der Waals surface area (Å²) < 4.78 is 0. The van der Waals surface area contributed by atoms with E-state index in [2.05, 4.69) is 21.9 Å². The lowest BCUT2D eigenvalue weighted by atomic mass is 10.1. The number of nitro groups is 1. The highest BCUT2D eigenvalue weighted by atomic mass is 32.1. The molecule has 0 unspecified atom stereocenters. The number of thiophene rings is 1. The Bertz CT molecular complexity index is 740. The second-order valence-corrected chi connectivity index (χ2v) is 6.08. The van der Waals surface area contributed by atoms with Crippen LogP contribution in [0.2, 0.25) is 0 Å². The van der Waals surface area contributed by atoms with Crippen LogP contribution in [0.15, 0.2) is 35.4 Å². The molecule has 1 heterocycles. The van der Waals surface area contributed by atoms with Crippen LogP contribution in [0.25, 0.3) is 0 Å². The number of aryl methyl sites for hydroxylation is 2. The van der Waals surface area contributed by atoms with Crippen LogP contribution in [0.3, 0.4) is 0 Å². The van der Waals surface area contributed by atoms with E-state index in [-0.39, 0.29) is 5.00 Å². The third-order valence-electron chi connectivity index (χ3n) is 2.78. The Morgan fingerprint density at radius 2 is 2.14 bits per heavy atom. The largest absolute Gasteiger partial charge is 0.331 e. The molecule has 0 fully saturated rings. The number of anilines is 1. The highest BCUT2D eigenvalue weighted by Crippen LogP contribution is 2.22. The van der Waals surface area contributed by atoms with Crippen molar-refractivity contribution in [3.05, 3.63) is 56.5 Å². The minimum Gasteiger partial charge on any atom is -0.331 e. The first kappa shape index (κ1) is 16.1. The smallest absolute Gasteiger partial charge is 0.324 e. The Morgan fingerprint density at radius 3 is 2.77 bits per heavy atom. The zero-order valence-corrected chi connectivity index (χ0v) is 13.6. The SMILES string of the molecule is Cc1ccc(NC(=S)NN=Cc2ccc([N+](=O)[O-])s2)c(C)c1. The molecule has 8 heteroatoms. The molecule has 0 aliphatic carbocycles. The van der Waals surface area contributed by atoms with Crippen molar-refractivity contribution >= 4 is 45.6 Å². The van der Waals surface area contributed by atoms with Gasteiger partial charge in [0.2, 0.25) is 0 Å². The summed E-state index contributed by atoms with van der Waals surface area (Å²) in [7, 11) is 0. The fourth-order valence-electron chi connectivity index (χ4n) is 1.77. The van der Waals surface area contributed by atoms with Crippen LogP contribution in [-0.4, -0.2) is 16.3 Å². The first-order valence-electron chi connectivity index (χ1n) is 6.37. The average Bonchev–Trinajstić information content (AvgIpc) is 2.91. The number of hydrogen-bond acceptors (Lipinski definition) is 5. The molecule has 2 aromatic rings. The third kappa shape index (κ3) is 4.34. The molecule has 0 aliphatic heterocycles. The average molecular weight is 334 g/mol. The summed E-state index contributed by atoms with van der Waals surface area (Å²) in [4.78, 5) is 10.8. The van der Waals surface area contributed by atoms with E-state index < -0.39 is 4.92 Å². The second-order valence-electron chi connectivity index (χ2n) is 4.58. The number of benzene rings is 1. The van der Waals surface area contributed by atoms with Gasteiger partial charge in [-0.05, 0) is 43.8 Å². The van der Waals surface area contributed by atoms with Gasteiger partial charge in [-0.2, -0.15) is 5.10 Å². The van der Waals surface area contributed by atoms with Crippen molar-refractivity contribution in [3.8, 4) is 0 Å². The highest BCUT2D eigenvalue weighted by molar-refractivity contribution is 7.80. The van der Waals surface area contributed by atoms with E-state index in [0.717, 1.165) is 22.6 Å². The van der Waals surface area contributed by atoms with Crippen molar-refractivity contribution in [2.75, 3.05) is 5.32 Å². The molecule has 0 amide bonds. The molecule has 2 N–H and O–H groups in total. The zero-order valence-electron chi connectivity index (χ0n) is 12.0. The normalized spacial score (nSPS) is 10.6. The van der Waals surface area contributed by atoms with Crippen molar-refractivity contribution in [2.45, 2.75) is 13.8 Å². The summed E-state index contributed by atoms with van der Waals surface area (Å²) in [5.74, 6) is 0. The molecule has 6 nitrogen and oxygen atoms in total. The van der Waals surface area contributed by atoms with Gasteiger partial charge in [0, 0.05) is 11.8 Å². The predicted molar refractivity (Wildman–Crippen MR) is 93.8 cm³/mol. The van der Waals surface area contributed by atoms with Crippen LogP contribution in [0.5, 0.6) is 0 Å². The van der Waals surface area contributed by atoms with Gasteiger partial charge in [0.25, 0.3) is 0 Å². The Kier molecular flexibility index (Phi) is 5.18. The molecule has 0 saturated heterocycles. The van der Waals surface area contributed by atoms with Crippen molar-refractivity contribution in [1.29, 1.82) is 0 Å². The summed E-state index contributed by atoms with van der Waals surface area (Å²) in [6.45, 7) is 4.02. The number of nitrogens with zero attached hydrogens (tertiary/aromatic N) is 2. The summed E-state index contributed by atoms with van der Waals surface area (Å²) >= 11 is 6.20. The topological polar surface area (TPSA) is 79.6 Å². The number of thiocarbonyl (C=S) groups is 1. The Hall–Kier alpha value is -2.32. The van der Waals surface area contributed by atoms with E-state index in [1.54, 1.807) is 6.07 Å². The molecule has 0 saturated carbocycles. The van der Waals surface area contributed by atoms with E-state index >= 15 is 0 Å².